The van der Waals surface area contributed by atoms with Crippen LogP contribution >= 0.6 is 0 Å². The number of hydrogen-bond acceptors (Lipinski definition) is 2. The topological polar surface area (TPSA) is 40.1 Å². The quantitative estimate of drug-likeness (QED) is 0.527. The summed E-state index contributed by atoms with van der Waals surface area (Å²) in [4.78, 5) is 9.92. The molecule has 0 aromatic carbocycles. The van der Waals surface area contributed by atoms with E-state index in [0.29, 0.717) is 0 Å². The molecule has 0 atom stereocenters. The van der Waals surface area contributed by atoms with E-state index in [0.717, 1.165) is 19.3 Å². The van der Waals surface area contributed by atoms with E-state index in [4.69, 9.17) is 0 Å². The summed E-state index contributed by atoms with van der Waals surface area (Å²) in [6.07, 6.45) is 5.61. The Morgan fingerprint density at radius 1 is 1.18 bits per heavy atom. The first-order chi connectivity index (χ1) is 4.77. The van der Waals surface area contributed by atoms with E-state index < -0.39 is 5.97 Å². The van der Waals surface area contributed by atoms with Crippen LogP contribution in [0, 0.1) is 0 Å². The second-order valence-electron chi connectivity index (χ2n) is 2.54. The first kappa shape index (κ1) is 13.9. The Labute approximate surface area is 88.5 Å². The summed E-state index contributed by atoms with van der Waals surface area (Å²) in [7, 11) is 0. The molecule has 0 unspecified atom stereocenters. The van der Waals surface area contributed by atoms with Crippen molar-refractivity contribution in [3.05, 3.63) is 0 Å². The zero-order valence-corrected chi connectivity index (χ0v) is 11.3. The summed E-state index contributed by atoms with van der Waals surface area (Å²) in [5.41, 5.74) is 0. The van der Waals surface area contributed by atoms with Gasteiger partial charge in [-0.15, -0.1) is 0 Å². The van der Waals surface area contributed by atoms with Gasteiger partial charge in [-0.05, 0) is 12.8 Å². The molecule has 0 aliphatic heterocycles. The van der Waals surface area contributed by atoms with Gasteiger partial charge < -0.3 is 9.90 Å². The summed E-state index contributed by atoms with van der Waals surface area (Å²) < 4.78 is 0. The molecule has 0 bridgehead atoms. The zero-order valence-electron chi connectivity index (χ0n) is 7.27. The maximum Gasteiger partial charge on any atom is 2.00 e. The van der Waals surface area contributed by atoms with Crippen LogP contribution in [0.1, 0.15) is 45.4 Å². The van der Waals surface area contributed by atoms with E-state index >= 15 is 0 Å². The average molecular weight is 256 g/mol. The summed E-state index contributed by atoms with van der Waals surface area (Å²) >= 11 is 0. The first-order valence-corrected chi connectivity index (χ1v) is 3.97. The summed E-state index contributed by atoms with van der Waals surface area (Å²) in [6.45, 7) is 2.14. The van der Waals surface area contributed by atoms with Crippen molar-refractivity contribution >= 4 is 5.97 Å². The first-order valence-electron chi connectivity index (χ1n) is 3.97. The molecule has 2 nitrogen and oxygen atoms in total. The molecule has 0 fully saturated rings. The fourth-order valence-electron chi connectivity index (χ4n) is 0.873. The van der Waals surface area contributed by atoms with Crippen LogP contribution in [0.25, 0.3) is 0 Å². The molecular weight excluding hydrogens is 240 g/mol. The predicted molar refractivity (Wildman–Crippen MR) is 38.4 cm³/mol. The van der Waals surface area contributed by atoms with Crippen molar-refractivity contribution in [2.24, 2.45) is 0 Å². The standard InChI is InChI=1S/C8H16O2.Cd/c1-2-3-4-5-6-7-8(9)10;/h2-7H2,1H3,(H,9,10);/q;+2/p-1. The molecule has 0 heterocycles. The molecule has 0 N–H and O–H groups in total. The third-order valence-corrected chi connectivity index (χ3v) is 1.48. The molecule has 60 valence electrons. The van der Waals surface area contributed by atoms with Gasteiger partial charge in [-0.2, -0.15) is 0 Å². The smallest absolute Gasteiger partial charge is 0.550 e. The molecule has 0 saturated carbocycles. The van der Waals surface area contributed by atoms with Gasteiger partial charge in [-0.1, -0.05) is 32.6 Å². The Balaban J connectivity index is 0. The van der Waals surface area contributed by atoms with Crippen molar-refractivity contribution in [1.82, 2.24) is 0 Å². The van der Waals surface area contributed by atoms with Crippen LogP contribution < -0.4 is 5.11 Å². The molecule has 0 rings (SSSR count). The van der Waals surface area contributed by atoms with Crippen LogP contribution in [0.5, 0.6) is 0 Å². The summed E-state index contributed by atoms with van der Waals surface area (Å²) in [5.74, 6) is -0.920. The number of hydrogen-bond donors (Lipinski definition) is 0. The third-order valence-electron chi connectivity index (χ3n) is 1.48. The van der Waals surface area contributed by atoms with Crippen LogP contribution in [0.15, 0.2) is 0 Å². The Hall–Kier alpha value is 0.392. The molecule has 0 radical (unpaired) electrons. The van der Waals surface area contributed by atoms with Gasteiger partial charge in [0.15, 0.2) is 0 Å². The maximum absolute atomic E-state index is 9.92. The number of carbonyl (C=O) groups excluding carboxylic acids is 1. The van der Waals surface area contributed by atoms with Crippen molar-refractivity contribution in [2.75, 3.05) is 0 Å². The molecule has 0 aromatic rings. The number of carboxylic acids is 1. The predicted octanol–water partition coefficient (Wildman–Crippen LogP) is 1.09. The Kier molecular flexibility index (Phi) is 13.2. The van der Waals surface area contributed by atoms with Crippen molar-refractivity contribution in [2.45, 2.75) is 45.4 Å². The second kappa shape index (κ2) is 10.4. The van der Waals surface area contributed by atoms with Crippen molar-refractivity contribution in [3.63, 3.8) is 0 Å². The fourth-order valence-corrected chi connectivity index (χ4v) is 0.873. The van der Waals surface area contributed by atoms with E-state index in [9.17, 15) is 9.90 Å². The van der Waals surface area contributed by atoms with Crippen molar-refractivity contribution in [3.8, 4) is 0 Å². The molecule has 0 aromatic heterocycles. The maximum atomic E-state index is 9.92. The largest absolute Gasteiger partial charge is 2.00 e. The summed E-state index contributed by atoms with van der Waals surface area (Å²) in [6, 6.07) is 0. The van der Waals surface area contributed by atoms with Crippen LogP contribution in [-0.4, -0.2) is 5.97 Å². The van der Waals surface area contributed by atoms with Crippen LogP contribution in [0.2, 0.25) is 0 Å². The molecule has 0 spiro atoms. The van der Waals surface area contributed by atoms with Gasteiger partial charge in [0.25, 0.3) is 0 Å². The van der Waals surface area contributed by atoms with Crippen LogP contribution in [0.3, 0.4) is 0 Å². The van der Waals surface area contributed by atoms with E-state index in [2.05, 4.69) is 6.92 Å². The van der Waals surface area contributed by atoms with Gasteiger partial charge in [0.1, 0.15) is 0 Å². The van der Waals surface area contributed by atoms with Gasteiger partial charge in [0.05, 0.1) is 0 Å². The van der Waals surface area contributed by atoms with Crippen molar-refractivity contribution < 1.29 is 37.2 Å². The molecule has 0 amide bonds. The number of carboxylic acid groups (broad SMARTS) is 1. The van der Waals surface area contributed by atoms with E-state index in [1.54, 1.807) is 0 Å². The molecule has 0 saturated heterocycles. The van der Waals surface area contributed by atoms with Crippen LogP contribution in [0.4, 0.5) is 0 Å². The van der Waals surface area contributed by atoms with Gasteiger partial charge in [-0.3, -0.25) is 0 Å². The van der Waals surface area contributed by atoms with E-state index in [-0.39, 0.29) is 33.7 Å². The second-order valence-corrected chi connectivity index (χ2v) is 2.54. The van der Waals surface area contributed by atoms with E-state index in [1.165, 1.54) is 12.8 Å². The van der Waals surface area contributed by atoms with Crippen LogP contribution in [-0.2, 0) is 32.1 Å². The zero-order chi connectivity index (χ0) is 7.82. The molecular formula is C8H15CdO2+. The number of aliphatic carboxylic acids is 1. The monoisotopic (exact) mass is 257 g/mol. The molecule has 3 heteroatoms. The Morgan fingerprint density at radius 2 is 1.73 bits per heavy atom. The van der Waals surface area contributed by atoms with Gasteiger partial charge in [-0.25, -0.2) is 0 Å². The molecule has 0 aliphatic carbocycles. The fraction of sp³-hybridized carbons (Fsp3) is 0.875. The third kappa shape index (κ3) is 13.4. The normalized spacial score (nSPS) is 8.82. The van der Waals surface area contributed by atoms with Gasteiger partial charge in [0.2, 0.25) is 0 Å². The van der Waals surface area contributed by atoms with Gasteiger partial charge in [0, 0.05) is 5.97 Å². The SMILES string of the molecule is CCCCCCCC(=O)[O-].[Cd+2]. The minimum atomic E-state index is -0.920. The molecule has 0 aliphatic rings. The minimum absolute atomic E-state index is 0. The van der Waals surface area contributed by atoms with Gasteiger partial charge >= 0.3 is 27.3 Å². The van der Waals surface area contributed by atoms with Crippen molar-refractivity contribution in [1.29, 1.82) is 0 Å². The van der Waals surface area contributed by atoms with E-state index in [1.807, 2.05) is 0 Å². The summed E-state index contributed by atoms with van der Waals surface area (Å²) in [5, 5.41) is 9.92. The number of unbranched alkanes of at least 4 members (excludes halogenated alkanes) is 4. The average Bonchev–Trinajstić information content (AvgIpc) is 1.87. The molecule has 11 heavy (non-hydrogen) atoms. The number of carbonyl (C=O) groups is 1. The Bertz CT molecular complexity index is 94.1. The Morgan fingerprint density at radius 3 is 2.18 bits per heavy atom. The minimum Gasteiger partial charge on any atom is -0.550 e. The number of rotatable bonds is 6.